The highest BCUT2D eigenvalue weighted by atomic mass is 35.5. The third-order valence-electron chi connectivity index (χ3n) is 5.27. The summed E-state index contributed by atoms with van der Waals surface area (Å²) in [5, 5.41) is 3.37. The van der Waals surface area contributed by atoms with Gasteiger partial charge in [0.2, 0.25) is 5.91 Å². The molecule has 0 radical (unpaired) electrons. The lowest BCUT2D eigenvalue weighted by atomic mass is 9.88. The fourth-order valence-corrected chi connectivity index (χ4v) is 3.68. The Balaban J connectivity index is 0.00000243. The van der Waals surface area contributed by atoms with Gasteiger partial charge in [0.05, 0.1) is 0 Å². The van der Waals surface area contributed by atoms with Crippen LogP contribution in [0.1, 0.15) is 36.3 Å². The third kappa shape index (κ3) is 5.58. The van der Waals surface area contributed by atoms with Crippen LogP contribution < -0.4 is 5.32 Å². The zero-order chi connectivity index (χ0) is 17.5. The molecule has 3 rings (SSSR count). The van der Waals surface area contributed by atoms with Crippen molar-refractivity contribution in [2.75, 3.05) is 20.1 Å². The number of carbonyl (C=O) groups is 1. The topological polar surface area (TPSA) is 32.3 Å². The van der Waals surface area contributed by atoms with Gasteiger partial charge in [-0.15, -0.1) is 12.4 Å². The normalized spacial score (nSPS) is 15.7. The maximum atomic E-state index is 12.9. The molecule has 0 bridgehead atoms. The molecule has 3 nitrogen and oxygen atoms in total. The van der Waals surface area contributed by atoms with Gasteiger partial charge < -0.3 is 10.2 Å². The Hall–Kier alpha value is -1.84. The van der Waals surface area contributed by atoms with Gasteiger partial charge in [0, 0.05) is 19.5 Å². The predicted octanol–water partition coefficient (Wildman–Crippen LogP) is 4.04. The number of rotatable bonds is 6. The van der Waals surface area contributed by atoms with E-state index < -0.39 is 0 Å². The molecule has 0 spiro atoms. The summed E-state index contributed by atoms with van der Waals surface area (Å²) in [6, 6.07) is 21.3. The summed E-state index contributed by atoms with van der Waals surface area (Å²) in [4.78, 5) is 14.9. The first-order valence-corrected chi connectivity index (χ1v) is 9.29. The number of nitrogens with zero attached hydrogens (tertiary/aromatic N) is 1. The van der Waals surface area contributed by atoms with Crippen molar-refractivity contribution in [3.05, 3.63) is 71.8 Å². The van der Waals surface area contributed by atoms with Crippen molar-refractivity contribution in [3.8, 4) is 0 Å². The number of nitrogens with one attached hydrogen (secondary N) is 1. The van der Waals surface area contributed by atoms with Gasteiger partial charge in [0.1, 0.15) is 0 Å². The van der Waals surface area contributed by atoms with Crippen LogP contribution >= 0.6 is 12.4 Å². The SMILES string of the molecule is CN(C(=O)CC(Cc1ccccc1)c1ccccc1)C1CCNCC1.Cl. The molecule has 1 atom stereocenters. The van der Waals surface area contributed by atoms with Crippen LogP contribution in [0.15, 0.2) is 60.7 Å². The van der Waals surface area contributed by atoms with E-state index in [-0.39, 0.29) is 24.2 Å². The highest BCUT2D eigenvalue weighted by molar-refractivity contribution is 5.85. The third-order valence-corrected chi connectivity index (χ3v) is 5.27. The first kappa shape index (κ1) is 20.5. The van der Waals surface area contributed by atoms with Crippen molar-refractivity contribution in [2.24, 2.45) is 0 Å². The summed E-state index contributed by atoms with van der Waals surface area (Å²) >= 11 is 0. The average Bonchev–Trinajstić information content (AvgIpc) is 2.69. The van der Waals surface area contributed by atoms with Gasteiger partial charge in [0.15, 0.2) is 0 Å². The van der Waals surface area contributed by atoms with Crippen LogP contribution in [0, 0.1) is 0 Å². The molecular formula is C22H29ClN2O. The van der Waals surface area contributed by atoms with Gasteiger partial charge in [-0.25, -0.2) is 0 Å². The molecule has 1 aliphatic rings. The zero-order valence-corrected chi connectivity index (χ0v) is 16.3. The lowest BCUT2D eigenvalue weighted by molar-refractivity contribution is -0.132. The minimum absolute atomic E-state index is 0. The van der Waals surface area contributed by atoms with E-state index in [0.717, 1.165) is 32.4 Å². The van der Waals surface area contributed by atoms with Crippen LogP contribution in [0.5, 0.6) is 0 Å². The fraction of sp³-hybridized carbons (Fsp3) is 0.409. The first-order chi connectivity index (χ1) is 12.2. The molecule has 1 fully saturated rings. The van der Waals surface area contributed by atoms with E-state index >= 15 is 0 Å². The molecule has 0 aliphatic carbocycles. The minimum Gasteiger partial charge on any atom is -0.343 e. The van der Waals surface area contributed by atoms with E-state index in [4.69, 9.17) is 0 Å². The van der Waals surface area contributed by atoms with Crippen LogP contribution in [0.3, 0.4) is 0 Å². The minimum atomic E-state index is 0. The van der Waals surface area contributed by atoms with Crippen LogP contribution in [0.25, 0.3) is 0 Å². The van der Waals surface area contributed by atoms with Crippen LogP contribution in [0.2, 0.25) is 0 Å². The van der Waals surface area contributed by atoms with Crippen molar-refractivity contribution < 1.29 is 4.79 Å². The van der Waals surface area contributed by atoms with Gasteiger partial charge in [0.25, 0.3) is 0 Å². The van der Waals surface area contributed by atoms with Crippen molar-refractivity contribution in [3.63, 3.8) is 0 Å². The summed E-state index contributed by atoms with van der Waals surface area (Å²) in [5.41, 5.74) is 2.53. The Bertz CT molecular complexity index is 656. The molecule has 1 N–H and O–H groups in total. The van der Waals surface area contributed by atoms with Gasteiger partial charge in [-0.1, -0.05) is 60.7 Å². The molecule has 1 heterocycles. The second-order valence-electron chi connectivity index (χ2n) is 6.99. The van der Waals surface area contributed by atoms with E-state index in [1.54, 1.807) is 0 Å². The Morgan fingerprint density at radius 2 is 1.62 bits per heavy atom. The van der Waals surface area contributed by atoms with Gasteiger partial charge in [-0.2, -0.15) is 0 Å². The molecule has 2 aromatic carbocycles. The number of halogens is 1. The number of hydrogen-bond donors (Lipinski definition) is 1. The second-order valence-corrected chi connectivity index (χ2v) is 6.99. The van der Waals surface area contributed by atoms with E-state index in [1.807, 2.05) is 24.1 Å². The van der Waals surface area contributed by atoms with E-state index in [9.17, 15) is 4.79 Å². The Morgan fingerprint density at radius 3 is 2.23 bits per heavy atom. The highest BCUT2D eigenvalue weighted by Gasteiger charge is 2.25. The summed E-state index contributed by atoms with van der Waals surface area (Å²) in [5.74, 6) is 0.483. The molecule has 1 aliphatic heterocycles. The highest BCUT2D eigenvalue weighted by Crippen LogP contribution is 2.26. The van der Waals surface area contributed by atoms with Crippen LogP contribution in [0.4, 0.5) is 0 Å². The number of carbonyl (C=O) groups excluding carboxylic acids is 1. The molecular weight excluding hydrogens is 344 g/mol. The summed E-state index contributed by atoms with van der Waals surface area (Å²) in [6.07, 6.45) is 3.57. The van der Waals surface area contributed by atoms with E-state index in [1.165, 1.54) is 11.1 Å². The van der Waals surface area contributed by atoms with Crippen LogP contribution in [-0.2, 0) is 11.2 Å². The first-order valence-electron chi connectivity index (χ1n) is 9.29. The smallest absolute Gasteiger partial charge is 0.223 e. The Morgan fingerprint density at radius 1 is 1.04 bits per heavy atom. The van der Waals surface area contributed by atoms with Gasteiger partial charge in [-0.05, 0) is 49.4 Å². The molecule has 0 aromatic heterocycles. The van der Waals surface area contributed by atoms with E-state index in [0.29, 0.717) is 12.5 Å². The van der Waals surface area contributed by atoms with Crippen molar-refractivity contribution in [2.45, 2.75) is 37.6 Å². The maximum absolute atomic E-state index is 12.9. The lowest BCUT2D eigenvalue weighted by Crippen LogP contribution is -2.44. The maximum Gasteiger partial charge on any atom is 0.223 e. The largest absolute Gasteiger partial charge is 0.343 e. The van der Waals surface area contributed by atoms with Crippen molar-refractivity contribution in [1.29, 1.82) is 0 Å². The molecule has 1 unspecified atom stereocenters. The molecule has 2 aromatic rings. The monoisotopic (exact) mass is 372 g/mol. The summed E-state index contributed by atoms with van der Waals surface area (Å²) in [6.45, 7) is 2.02. The lowest BCUT2D eigenvalue weighted by Gasteiger charge is -2.32. The van der Waals surface area contributed by atoms with Crippen molar-refractivity contribution >= 4 is 18.3 Å². The number of piperidine rings is 1. The molecule has 1 amide bonds. The number of amides is 1. The second kappa shape index (κ2) is 10.3. The van der Waals surface area contributed by atoms with Crippen molar-refractivity contribution in [1.82, 2.24) is 10.2 Å². The number of hydrogen-bond acceptors (Lipinski definition) is 2. The Labute approximate surface area is 163 Å². The standard InChI is InChI=1S/C22H28N2O.ClH/c1-24(21-12-14-23-15-13-21)22(25)17-20(19-10-6-3-7-11-19)16-18-8-4-2-5-9-18;/h2-11,20-21,23H,12-17H2,1H3;1H. The van der Waals surface area contributed by atoms with Gasteiger partial charge in [-0.3, -0.25) is 4.79 Å². The predicted molar refractivity (Wildman–Crippen MR) is 110 cm³/mol. The van der Waals surface area contributed by atoms with Crippen LogP contribution in [-0.4, -0.2) is 37.0 Å². The molecule has 0 saturated carbocycles. The summed E-state index contributed by atoms with van der Waals surface area (Å²) < 4.78 is 0. The molecule has 4 heteroatoms. The number of benzene rings is 2. The van der Waals surface area contributed by atoms with E-state index in [2.05, 4.69) is 53.8 Å². The molecule has 140 valence electrons. The average molecular weight is 373 g/mol. The molecule has 26 heavy (non-hydrogen) atoms. The zero-order valence-electron chi connectivity index (χ0n) is 15.4. The fourth-order valence-electron chi connectivity index (χ4n) is 3.68. The quantitative estimate of drug-likeness (QED) is 0.830. The summed E-state index contributed by atoms with van der Waals surface area (Å²) in [7, 11) is 1.98. The molecule has 1 saturated heterocycles. The van der Waals surface area contributed by atoms with Gasteiger partial charge >= 0.3 is 0 Å². The Kier molecular flexibility index (Phi) is 8.14.